The Balaban J connectivity index is 1.90. The van der Waals surface area contributed by atoms with Crippen molar-refractivity contribution >= 4 is 42.4 Å². The van der Waals surface area contributed by atoms with Gasteiger partial charge in [0.1, 0.15) is 22.5 Å². The van der Waals surface area contributed by atoms with Crippen LogP contribution in [0.4, 0.5) is 5.95 Å². The number of hydrogen-bond donors (Lipinski definition) is 4. The van der Waals surface area contributed by atoms with Crippen molar-refractivity contribution in [3.8, 4) is 0 Å². The van der Waals surface area contributed by atoms with Crippen LogP contribution in [0.3, 0.4) is 0 Å². The molecule has 0 amide bonds. The second-order valence-corrected chi connectivity index (χ2v) is 11.6. The van der Waals surface area contributed by atoms with Gasteiger partial charge in [-0.15, -0.1) is 13.2 Å². The summed E-state index contributed by atoms with van der Waals surface area (Å²) in [7, 11) is 0. The molecule has 4 atom stereocenters. The van der Waals surface area contributed by atoms with E-state index in [0.717, 1.165) is 11.5 Å². The molecule has 0 aliphatic carbocycles. The second-order valence-electron chi connectivity index (χ2n) is 6.91. The minimum Gasteiger partial charge on any atom is -0.388 e. The van der Waals surface area contributed by atoms with Gasteiger partial charge in [-0.3, -0.25) is 0 Å². The maximum absolute atomic E-state index is 10.4. The van der Waals surface area contributed by atoms with E-state index >= 15 is 0 Å². The Bertz CT molecular complexity index is 858. The lowest BCUT2D eigenvalue weighted by molar-refractivity contribution is -0.0350. The Morgan fingerprint density at radius 2 is 2.17 bits per heavy atom. The maximum atomic E-state index is 10.4. The predicted octanol–water partition coefficient (Wildman–Crippen LogP) is 1.39. The smallest absolute Gasteiger partial charge is 0.200 e. The third-order valence-corrected chi connectivity index (χ3v) is 6.02. The van der Waals surface area contributed by atoms with Gasteiger partial charge >= 0.3 is 0 Å². The lowest BCUT2D eigenvalue weighted by atomic mass is 10.1. The van der Waals surface area contributed by atoms with Crippen molar-refractivity contribution in [2.75, 3.05) is 25.2 Å². The minimum atomic E-state index is -1.22. The number of nitrogen functional groups attached to an aromatic ring is 1. The van der Waals surface area contributed by atoms with Gasteiger partial charge in [0.25, 0.3) is 0 Å². The number of nitrogens with one attached hydrogen (secondary N) is 1. The third-order valence-electron chi connectivity index (χ3n) is 4.24. The molecule has 0 spiro atoms. The highest BCUT2D eigenvalue weighted by Gasteiger charge is 2.43. The third kappa shape index (κ3) is 3.30. The summed E-state index contributed by atoms with van der Waals surface area (Å²) in [6.45, 7) is 3.05. The number of aromatic nitrogens is 3. The topological polar surface area (TPSA) is 109 Å². The Morgan fingerprint density at radius 1 is 1.46 bits per heavy atom. The molecule has 9 heteroatoms. The zero-order chi connectivity index (χ0) is 17.6. The van der Waals surface area contributed by atoms with Gasteiger partial charge in [0.15, 0.2) is 12.2 Å². The van der Waals surface area contributed by atoms with E-state index in [1.807, 2.05) is 0 Å². The Morgan fingerprint density at radius 3 is 2.83 bits per heavy atom. The average Bonchev–Trinajstić information content (AvgIpc) is 3.00. The molecule has 0 aromatic carbocycles. The molecule has 7 nitrogen and oxygen atoms in total. The number of anilines is 1. The van der Waals surface area contributed by atoms with Crippen LogP contribution in [0.5, 0.6) is 0 Å². The van der Waals surface area contributed by atoms with Gasteiger partial charge in [-0.05, 0) is 32.0 Å². The normalized spacial score (nSPS) is 27.8. The molecule has 1 saturated heterocycles. The summed E-state index contributed by atoms with van der Waals surface area (Å²) in [4.78, 5) is 6.96. The van der Waals surface area contributed by atoms with Gasteiger partial charge < -0.3 is 30.2 Å². The lowest BCUT2D eigenvalue weighted by Gasteiger charge is -2.19. The summed E-state index contributed by atoms with van der Waals surface area (Å²) in [5.41, 5.74) is 6.35. The summed E-state index contributed by atoms with van der Waals surface area (Å²) in [5.74, 6) is 0.195. The van der Waals surface area contributed by atoms with Crippen LogP contribution < -0.4 is 5.73 Å². The number of aliphatic hydroxyl groups is 2. The standard InChI is InChI=1S/C15H23N4O3PS/c1-23(2,3)7-5-9-10(20)11(21)14(22-9)19-6-4-8-12(19)17-15(16)18-13(8)24/h4,6,9-11,14,20-21H,1,5,7H2,2-3H3,(H3,16,17,18,24)/t9-,10-,11-,14?/m1/s1. The number of rotatable bonds is 4. The van der Waals surface area contributed by atoms with Crippen molar-refractivity contribution in [2.24, 2.45) is 0 Å². The molecule has 1 aliphatic rings. The van der Waals surface area contributed by atoms with E-state index in [1.54, 1.807) is 16.8 Å². The molecule has 1 fully saturated rings. The number of H-pyrrole nitrogens is 1. The lowest BCUT2D eigenvalue weighted by Crippen LogP contribution is -2.31. The van der Waals surface area contributed by atoms with E-state index in [2.05, 4.69) is 29.6 Å². The maximum Gasteiger partial charge on any atom is 0.200 e. The first-order valence-corrected chi connectivity index (χ1v) is 11.2. The Kier molecular flexibility index (Phi) is 4.61. The van der Waals surface area contributed by atoms with Crippen molar-refractivity contribution in [3.63, 3.8) is 0 Å². The largest absolute Gasteiger partial charge is 0.388 e. The van der Waals surface area contributed by atoms with E-state index in [1.165, 1.54) is 0 Å². The SMILES string of the molecule is C=P(C)(C)CC[C@H]1OC(n2ccc3c(=S)nc(N)[nH]c32)[C@H](O)[C@@H]1O. The van der Waals surface area contributed by atoms with Crippen molar-refractivity contribution < 1.29 is 14.9 Å². The van der Waals surface area contributed by atoms with Gasteiger partial charge in [-0.1, -0.05) is 12.2 Å². The molecule has 3 rings (SSSR count). The van der Waals surface area contributed by atoms with Crippen molar-refractivity contribution in [2.45, 2.75) is 31.0 Å². The van der Waals surface area contributed by atoms with Gasteiger partial charge in [0, 0.05) is 6.20 Å². The molecule has 2 aromatic heterocycles. The van der Waals surface area contributed by atoms with Crippen LogP contribution in [0.15, 0.2) is 12.3 Å². The average molecular weight is 370 g/mol. The summed E-state index contributed by atoms with van der Waals surface area (Å²) in [5, 5.41) is 21.5. The fourth-order valence-electron chi connectivity index (χ4n) is 2.96. The number of aliphatic hydroxyl groups excluding tert-OH is 2. The summed E-state index contributed by atoms with van der Waals surface area (Å²) in [6.07, 6.45) is 4.37. The zero-order valence-electron chi connectivity index (χ0n) is 13.7. The van der Waals surface area contributed by atoms with Gasteiger partial charge in [0.05, 0.1) is 11.5 Å². The van der Waals surface area contributed by atoms with Crippen LogP contribution >= 0.6 is 19.1 Å². The quantitative estimate of drug-likeness (QED) is 0.478. The van der Waals surface area contributed by atoms with Crippen LogP contribution in [0, 0.1) is 4.64 Å². The molecule has 0 radical (unpaired) electrons. The number of nitrogens with zero attached hydrogens (tertiary/aromatic N) is 2. The number of fused-ring (bicyclic) bond motifs is 1. The first-order chi connectivity index (χ1) is 11.2. The van der Waals surface area contributed by atoms with Crippen molar-refractivity contribution in [1.29, 1.82) is 0 Å². The fourth-order valence-corrected chi connectivity index (χ4v) is 4.17. The molecule has 132 valence electrons. The number of ether oxygens (including phenoxy) is 1. The number of aromatic amines is 1. The Labute approximate surface area is 145 Å². The second kappa shape index (κ2) is 6.28. The summed E-state index contributed by atoms with van der Waals surface area (Å²) in [6, 6.07) is 1.79. The van der Waals surface area contributed by atoms with Crippen LogP contribution in [-0.4, -0.2) is 68.9 Å². The Hall–Kier alpha value is -1.18. The van der Waals surface area contributed by atoms with Gasteiger partial charge in [-0.25, -0.2) is 4.98 Å². The van der Waals surface area contributed by atoms with E-state index in [-0.39, 0.29) is 5.95 Å². The molecule has 0 saturated carbocycles. The molecule has 2 aromatic rings. The van der Waals surface area contributed by atoms with E-state index in [4.69, 9.17) is 22.7 Å². The number of hydrogen-bond acceptors (Lipinski definition) is 6. The molecule has 5 N–H and O–H groups in total. The van der Waals surface area contributed by atoms with Crippen molar-refractivity contribution in [3.05, 3.63) is 16.9 Å². The first kappa shape index (κ1) is 17.6. The first-order valence-electron chi connectivity index (χ1n) is 7.72. The highest BCUT2D eigenvalue weighted by molar-refractivity contribution is 7.72. The van der Waals surface area contributed by atoms with Crippen LogP contribution in [0.2, 0.25) is 0 Å². The van der Waals surface area contributed by atoms with E-state index in [9.17, 15) is 10.2 Å². The van der Waals surface area contributed by atoms with E-state index < -0.39 is 31.4 Å². The predicted molar refractivity (Wildman–Crippen MR) is 101 cm³/mol. The molecule has 0 bridgehead atoms. The molecule has 1 aliphatic heterocycles. The zero-order valence-corrected chi connectivity index (χ0v) is 15.4. The molecule has 1 unspecified atom stereocenters. The fraction of sp³-hybridized carbons (Fsp3) is 0.533. The highest BCUT2D eigenvalue weighted by Crippen LogP contribution is 2.40. The molecular weight excluding hydrogens is 347 g/mol. The van der Waals surface area contributed by atoms with Crippen LogP contribution in [0.1, 0.15) is 12.6 Å². The molecule has 3 heterocycles. The van der Waals surface area contributed by atoms with E-state index in [0.29, 0.717) is 16.7 Å². The summed E-state index contributed by atoms with van der Waals surface area (Å²) < 4.78 is 8.04. The molecule has 24 heavy (non-hydrogen) atoms. The monoisotopic (exact) mass is 370 g/mol. The van der Waals surface area contributed by atoms with Crippen LogP contribution in [-0.2, 0) is 4.74 Å². The van der Waals surface area contributed by atoms with Gasteiger partial charge in [-0.2, -0.15) is 0 Å². The minimum absolute atomic E-state index is 0.195. The summed E-state index contributed by atoms with van der Waals surface area (Å²) >= 11 is 5.21. The molecular formula is C15H23N4O3PS. The van der Waals surface area contributed by atoms with Crippen LogP contribution in [0.25, 0.3) is 11.0 Å². The highest BCUT2D eigenvalue weighted by atomic mass is 32.1. The van der Waals surface area contributed by atoms with Gasteiger partial charge in [0.2, 0.25) is 0 Å². The number of nitrogens with two attached hydrogens (primary N) is 1. The van der Waals surface area contributed by atoms with Crippen molar-refractivity contribution in [1.82, 2.24) is 14.5 Å².